The van der Waals surface area contributed by atoms with Gasteiger partial charge in [0.2, 0.25) is 16.0 Å². The first-order valence-corrected chi connectivity index (χ1v) is 10.2. The van der Waals surface area contributed by atoms with E-state index in [0.717, 1.165) is 31.5 Å². The van der Waals surface area contributed by atoms with Crippen LogP contribution in [0.25, 0.3) is 0 Å². The Morgan fingerprint density at radius 3 is 2.69 bits per heavy atom. The predicted molar refractivity (Wildman–Crippen MR) is 99.9 cm³/mol. The summed E-state index contributed by atoms with van der Waals surface area (Å²) < 4.78 is 33.2. The highest BCUT2D eigenvalue weighted by Gasteiger charge is 2.20. The van der Waals surface area contributed by atoms with Crippen LogP contribution < -0.4 is 14.4 Å². The van der Waals surface area contributed by atoms with Gasteiger partial charge >= 0.3 is 0 Å². The second-order valence-corrected chi connectivity index (χ2v) is 8.11. The third kappa shape index (κ3) is 4.31. The van der Waals surface area contributed by atoms with Gasteiger partial charge in [0.1, 0.15) is 10.6 Å². The Hall–Kier alpha value is -2.19. The van der Waals surface area contributed by atoms with E-state index in [9.17, 15) is 8.42 Å². The highest BCUT2D eigenvalue weighted by molar-refractivity contribution is 7.89. The van der Waals surface area contributed by atoms with Gasteiger partial charge in [-0.05, 0) is 49.9 Å². The van der Waals surface area contributed by atoms with Gasteiger partial charge in [-0.25, -0.2) is 23.1 Å². The lowest BCUT2D eigenvalue weighted by molar-refractivity contribution is 0.402. The van der Waals surface area contributed by atoms with Gasteiger partial charge in [0.15, 0.2) is 0 Å². The zero-order valence-electron chi connectivity index (χ0n) is 15.1. The maximum absolute atomic E-state index is 12.7. The molecule has 0 bridgehead atoms. The van der Waals surface area contributed by atoms with Crippen LogP contribution in [-0.2, 0) is 16.6 Å². The zero-order chi connectivity index (χ0) is 18.6. The fourth-order valence-corrected chi connectivity index (χ4v) is 4.22. The molecule has 0 atom stereocenters. The van der Waals surface area contributed by atoms with Crippen molar-refractivity contribution in [1.29, 1.82) is 0 Å². The monoisotopic (exact) mass is 376 g/mol. The van der Waals surface area contributed by atoms with Crippen LogP contribution in [0.2, 0.25) is 0 Å². The molecule has 26 heavy (non-hydrogen) atoms. The first-order valence-electron chi connectivity index (χ1n) is 8.71. The quantitative estimate of drug-likeness (QED) is 0.832. The highest BCUT2D eigenvalue weighted by atomic mass is 32.2. The summed E-state index contributed by atoms with van der Waals surface area (Å²) in [4.78, 5) is 11.1. The normalized spacial score (nSPS) is 15.1. The molecular weight excluding hydrogens is 352 g/mol. The molecule has 0 radical (unpaired) electrons. The average Bonchev–Trinajstić information content (AvgIpc) is 2.67. The highest BCUT2D eigenvalue weighted by Crippen LogP contribution is 2.24. The smallest absolute Gasteiger partial charge is 0.244 e. The SMILES string of the molecule is COc1ccc(C)cc1S(=O)(=O)NCc1ccnc(N2CCCCC2)n1. The number of anilines is 1. The summed E-state index contributed by atoms with van der Waals surface area (Å²) in [5, 5.41) is 0. The first-order chi connectivity index (χ1) is 12.5. The van der Waals surface area contributed by atoms with E-state index < -0.39 is 10.0 Å². The largest absolute Gasteiger partial charge is 0.495 e. The van der Waals surface area contributed by atoms with E-state index in [2.05, 4.69) is 19.6 Å². The van der Waals surface area contributed by atoms with Crippen LogP contribution >= 0.6 is 0 Å². The van der Waals surface area contributed by atoms with Crippen molar-refractivity contribution in [2.24, 2.45) is 0 Å². The third-order valence-electron chi connectivity index (χ3n) is 4.39. The molecule has 0 saturated carbocycles. The molecule has 2 heterocycles. The number of hydrogen-bond acceptors (Lipinski definition) is 6. The summed E-state index contributed by atoms with van der Waals surface area (Å²) in [6, 6.07) is 6.79. The van der Waals surface area contributed by atoms with Crippen molar-refractivity contribution in [2.75, 3.05) is 25.1 Å². The zero-order valence-corrected chi connectivity index (χ0v) is 15.9. The number of aromatic nitrogens is 2. The maximum Gasteiger partial charge on any atom is 0.244 e. The average molecular weight is 376 g/mol. The van der Waals surface area contributed by atoms with Crippen LogP contribution in [0.1, 0.15) is 30.5 Å². The number of methoxy groups -OCH3 is 1. The second-order valence-electron chi connectivity index (χ2n) is 6.37. The number of nitrogens with one attached hydrogen (secondary N) is 1. The lowest BCUT2D eigenvalue weighted by atomic mass is 10.1. The molecule has 0 unspecified atom stereocenters. The summed E-state index contributed by atoms with van der Waals surface area (Å²) in [5.41, 5.74) is 1.48. The van der Waals surface area contributed by atoms with Gasteiger partial charge in [-0.1, -0.05) is 6.07 Å². The van der Waals surface area contributed by atoms with Gasteiger partial charge in [0, 0.05) is 19.3 Å². The molecule has 1 N–H and O–H groups in total. The van der Waals surface area contributed by atoms with Crippen molar-refractivity contribution < 1.29 is 13.2 Å². The number of rotatable bonds is 6. The summed E-state index contributed by atoms with van der Waals surface area (Å²) in [5.74, 6) is 0.981. The lowest BCUT2D eigenvalue weighted by Gasteiger charge is -2.26. The van der Waals surface area contributed by atoms with E-state index in [0.29, 0.717) is 17.4 Å². The summed E-state index contributed by atoms with van der Waals surface area (Å²) >= 11 is 0. The topological polar surface area (TPSA) is 84.4 Å². The minimum Gasteiger partial charge on any atom is -0.495 e. The summed E-state index contributed by atoms with van der Waals surface area (Å²) in [6.07, 6.45) is 5.17. The van der Waals surface area contributed by atoms with E-state index in [4.69, 9.17) is 4.74 Å². The molecule has 1 aliphatic rings. The molecule has 1 aromatic carbocycles. The number of sulfonamides is 1. The summed E-state index contributed by atoms with van der Waals surface area (Å²) in [6.45, 7) is 3.82. The first kappa shape index (κ1) is 18.6. The molecule has 1 saturated heterocycles. The van der Waals surface area contributed by atoms with Gasteiger partial charge in [-0.3, -0.25) is 0 Å². The Kier molecular flexibility index (Phi) is 5.73. The number of benzene rings is 1. The van der Waals surface area contributed by atoms with Gasteiger partial charge < -0.3 is 9.64 Å². The van der Waals surface area contributed by atoms with Crippen molar-refractivity contribution in [3.8, 4) is 5.75 Å². The molecule has 0 amide bonds. The van der Waals surface area contributed by atoms with Gasteiger partial charge in [0.25, 0.3) is 0 Å². The number of aryl methyl sites for hydroxylation is 1. The van der Waals surface area contributed by atoms with Crippen LogP contribution in [0.15, 0.2) is 35.4 Å². The van der Waals surface area contributed by atoms with Gasteiger partial charge in [-0.2, -0.15) is 0 Å². The standard InChI is InChI=1S/C18H24N4O3S/c1-14-6-7-16(25-2)17(12-14)26(23,24)20-13-15-8-9-19-18(21-15)22-10-4-3-5-11-22/h6-9,12,20H,3-5,10-11,13H2,1-2H3. The minimum atomic E-state index is -3.71. The molecule has 7 nitrogen and oxygen atoms in total. The summed E-state index contributed by atoms with van der Waals surface area (Å²) in [7, 11) is -2.25. The molecule has 2 aromatic rings. The van der Waals surface area contributed by atoms with E-state index in [1.807, 2.05) is 13.0 Å². The van der Waals surface area contributed by atoms with Crippen LogP contribution in [-0.4, -0.2) is 38.6 Å². The van der Waals surface area contributed by atoms with E-state index >= 15 is 0 Å². The molecule has 1 fully saturated rings. The number of nitrogens with zero attached hydrogens (tertiary/aromatic N) is 3. The van der Waals surface area contributed by atoms with Crippen LogP contribution in [0.5, 0.6) is 5.75 Å². The number of ether oxygens (including phenoxy) is 1. The van der Waals surface area contributed by atoms with Crippen LogP contribution in [0, 0.1) is 6.92 Å². The Morgan fingerprint density at radius 1 is 1.19 bits per heavy atom. The molecule has 8 heteroatoms. The number of hydrogen-bond donors (Lipinski definition) is 1. The van der Waals surface area contributed by atoms with Gasteiger partial charge in [0.05, 0.1) is 19.3 Å². The van der Waals surface area contributed by atoms with Crippen LogP contribution in [0.4, 0.5) is 5.95 Å². The Morgan fingerprint density at radius 2 is 1.96 bits per heavy atom. The molecule has 0 spiro atoms. The van der Waals surface area contributed by atoms with Gasteiger partial charge in [-0.15, -0.1) is 0 Å². The van der Waals surface area contributed by atoms with E-state index in [1.54, 1.807) is 24.4 Å². The molecule has 1 aliphatic heterocycles. The molecule has 0 aliphatic carbocycles. The van der Waals surface area contributed by atoms with E-state index in [-0.39, 0.29) is 11.4 Å². The Labute approximate surface area is 154 Å². The lowest BCUT2D eigenvalue weighted by Crippen LogP contribution is -2.31. The van der Waals surface area contributed by atoms with E-state index in [1.165, 1.54) is 13.5 Å². The van der Waals surface area contributed by atoms with Crippen molar-refractivity contribution in [1.82, 2.24) is 14.7 Å². The molecular formula is C18H24N4O3S. The maximum atomic E-state index is 12.7. The molecule has 140 valence electrons. The number of piperidine rings is 1. The second kappa shape index (κ2) is 8.01. The Bertz CT molecular complexity index is 864. The van der Waals surface area contributed by atoms with Crippen molar-refractivity contribution >= 4 is 16.0 Å². The Balaban J connectivity index is 1.75. The fourth-order valence-electron chi connectivity index (χ4n) is 2.97. The minimum absolute atomic E-state index is 0.1000. The molecule has 1 aromatic heterocycles. The fraction of sp³-hybridized carbons (Fsp3) is 0.444. The van der Waals surface area contributed by atoms with Crippen molar-refractivity contribution in [3.63, 3.8) is 0 Å². The van der Waals surface area contributed by atoms with Crippen molar-refractivity contribution in [3.05, 3.63) is 41.7 Å². The molecule has 3 rings (SSSR count). The van der Waals surface area contributed by atoms with Crippen LogP contribution in [0.3, 0.4) is 0 Å². The third-order valence-corrected chi connectivity index (χ3v) is 5.81. The van der Waals surface area contributed by atoms with Crippen molar-refractivity contribution in [2.45, 2.75) is 37.6 Å². The predicted octanol–water partition coefficient (Wildman–Crippen LogP) is 2.26.